The highest BCUT2D eigenvalue weighted by Gasteiger charge is 2.39. The van der Waals surface area contributed by atoms with Gasteiger partial charge in [-0.25, -0.2) is 4.99 Å². The Morgan fingerprint density at radius 3 is 2.53 bits per heavy atom. The van der Waals surface area contributed by atoms with Crippen LogP contribution in [0.2, 0.25) is 0 Å². The van der Waals surface area contributed by atoms with Crippen molar-refractivity contribution in [3.63, 3.8) is 0 Å². The molecule has 32 heavy (non-hydrogen) atoms. The number of hydrazone groups is 1. The molecule has 1 amide bonds. The molecular formula is C24H25F2N4O2+. The summed E-state index contributed by atoms with van der Waals surface area (Å²) in [6, 6.07) is 9.25. The number of carbonyl (C=O) groups excluding carboxylic acids is 1. The zero-order valence-electron chi connectivity index (χ0n) is 18.7. The van der Waals surface area contributed by atoms with Gasteiger partial charge in [-0.1, -0.05) is 19.9 Å². The first-order valence-corrected chi connectivity index (χ1v) is 10.3. The summed E-state index contributed by atoms with van der Waals surface area (Å²) in [7, 11) is 1.55. The van der Waals surface area contributed by atoms with Crippen molar-refractivity contribution >= 4 is 23.0 Å². The van der Waals surface area contributed by atoms with Crippen LogP contribution < -0.4 is 4.74 Å². The van der Waals surface area contributed by atoms with Gasteiger partial charge in [-0.05, 0) is 35.9 Å². The van der Waals surface area contributed by atoms with Crippen molar-refractivity contribution in [3.8, 4) is 11.8 Å². The number of allylic oxidation sites excluding steroid dienone is 3. The van der Waals surface area contributed by atoms with Crippen molar-refractivity contribution in [2.24, 2.45) is 21.9 Å². The van der Waals surface area contributed by atoms with Crippen LogP contribution in [0.3, 0.4) is 0 Å². The molecule has 0 N–H and O–H groups in total. The van der Waals surface area contributed by atoms with E-state index < -0.39 is 11.8 Å². The van der Waals surface area contributed by atoms with E-state index in [0.29, 0.717) is 30.4 Å². The molecule has 8 heteroatoms. The van der Waals surface area contributed by atoms with Crippen LogP contribution >= 0.6 is 0 Å². The summed E-state index contributed by atoms with van der Waals surface area (Å²) >= 11 is 0. The fourth-order valence-corrected chi connectivity index (χ4v) is 3.62. The smallest absolute Gasteiger partial charge is 0.324 e. The minimum atomic E-state index is -3.58. The van der Waals surface area contributed by atoms with Crippen LogP contribution in [-0.4, -0.2) is 40.8 Å². The normalized spacial score (nSPS) is 20.2. The number of benzene rings is 1. The molecule has 166 valence electrons. The van der Waals surface area contributed by atoms with Crippen molar-refractivity contribution in [2.75, 3.05) is 7.11 Å². The van der Waals surface area contributed by atoms with E-state index in [2.05, 4.69) is 11.1 Å². The lowest BCUT2D eigenvalue weighted by Crippen LogP contribution is -2.28. The summed E-state index contributed by atoms with van der Waals surface area (Å²) in [4.78, 5) is 15.7. The van der Waals surface area contributed by atoms with E-state index in [1.807, 2.05) is 19.9 Å². The first kappa shape index (κ1) is 23.2. The zero-order valence-corrected chi connectivity index (χ0v) is 18.7. The lowest BCUT2D eigenvalue weighted by Gasteiger charge is -2.12. The summed E-state index contributed by atoms with van der Waals surface area (Å²) in [5.41, 5.74) is 3.65. The van der Waals surface area contributed by atoms with E-state index in [9.17, 15) is 18.8 Å². The summed E-state index contributed by atoms with van der Waals surface area (Å²) in [5.74, 6) is -4.67. The van der Waals surface area contributed by atoms with Crippen LogP contribution in [0, 0.1) is 23.2 Å². The fourth-order valence-electron chi connectivity index (χ4n) is 3.62. The third-order valence-corrected chi connectivity index (χ3v) is 5.24. The third-order valence-electron chi connectivity index (χ3n) is 5.24. The first-order chi connectivity index (χ1) is 15.1. The number of alkyl halides is 2. The van der Waals surface area contributed by atoms with Gasteiger partial charge in [0.2, 0.25) is 5.70 Å². The number of ether oxygens (including phenoxy) is 1. The molecule has 0 radical (unpaired) electrons. The topological polar surface area (TPSA) is 77.8 Å². The molecule has 1 heterocycles. The minimum Gasteiger partial charge on any atom is -0.497 e. The van der Waals surface area contributed by atoms with Crippen molar-refractivity contribution in [2.45, 2.75) is 40.0 Å². The van der Waals surface area contributed by atoms with Crippen molar-refractivity contribution < 1.29 is 23.0 Å². The molecule has 6 nitrogen and oxygen atoms in total. The van der Waals surface area contributed by atoms with E-state index in [4.69, 9.17) is 9.84 Å². The molecule has 0 aromatic heterocycles. The number of amides is 1. The van der Waals surface area contributed by atoms with Gasteiger partial charge in [-0.2, -0.15) is 14.0 Å². The lowest BCUT2D eigenvalue weighted by molar-refractivity contribution is -0.471. The van der Waals surface area contributed by atoms with Crippen molar-refractivity contribution in [1.29, 1.82) is 5.26 Å². The van der Waals surface area contributed by atoms with Gasteiger partial charge in [0.25, 0.3) is 5.71 Å². The van der Waals surface area contributed by atoms with Crippen LogP contribution in [0.15, 0.2) is 57.8 Å². The van der Waals surface area contributed by atoms with Gasteiger partial charge >= 0.3 is 11.8 Å². The number of hydrogen-bond acceptors (Lipinski definition) is 4. The van der Waals surface area contributed by atoms with E-state index in [1.165, 1.54) is 6.92 Å². The van der Waals surface area contributed by atoms with E-state index in [1.54, 1.807) is 42.1 Å². The van der Waals surface area contributed by atoms with Gasteiger partial charge in [0.05, 0.1) is 30.2 Å². The molecule has 0 saturated carbocycles. The third kappa shape index (κ3) is 4.57. The first-order valence-electron chi connectivity index (χ1n) is 10.3. The summed E-state index contributed by atoms with van der Waals surface area (Å²) < 4.78 is 34.0. The highest BCUT2D eigenvalue weighted by molar-refractivity contribution is 6.47. The summed E-state index contributed by atoms with van der Waals surface area (Å²) in [5, 5.41) is 14.2. The number of nitriles is 1. The number of nitrogens with zero attached hydrogens (tertiary/aromatic N) is 4. The minimum absolute atomic E-state index is 0.0758. The molecule has 1 aromatic carbocycles. The van der Waals surface area contributed by atoms with Gasteiger partial charge in [-0.3, -0.25) is 4.79 Å². The molecule has 2 aliphatic rings. The second-order valence-electron chi connectivity index (χ2n) is 8.08. The van der Waals surface area contributed by atoms with Gasteiger partial charge < -0.3 is 4.74 Å². The predicted molar refractivity (Wildman–Crippen MR) is 118 cm³/mol. The van der Waals surface area contributed by atoms with Crippen LogP contribution in [0.25, 0.3) is 0 Å². The molecule has 0 saturated heterocycles. The van der Waals surface area contributed by atoms with E-state index >= 15 is 0 Å². The molecule has 1 aromatic rings. The number of aliphatic imine (C=N–C) groups is 1. The second kappa shape index (κ2) is 8.95. The molecular weight excluding hydrogens is 414 g/mol. The number of rotatable bonds is 5. The van der Waals surface area contributed by atoms with Crippen molar-refractivity contribution in [3.05, 3.63) is 53.3 Å². The standard InChI is InChI=1S/C24H25F2N4O2/c1-14(2)21-19-12-16(13-27)6-11-20(19)30(29-21)22(15(3)28-23(31)24(4,25)26)17-7-9-18(32-5)10-8-17/h6-11,14,16H,12H2,1-5H3/q+1/b28-15?,30-22+. The quantitative estimate of drug-likeness (QED) is 0.500. The maximum absolute atomic E-state index is 13.6. The second-order valence-corrected chi connectivity index (χ2v) is 8.08. The largest absolute Gasteiger partial charge is 0.497 e. The monoisotopic (exact) mass is 439 g/mol. The highest BCUT2D eigenvalue weighted by Crippen LogP contribution is 2.33. The van der Waals surface area contributed by atoms with Gasteiger partial charge in [0.1, 0.15) is 17.2 Å². The Kier molecular flexibility index (Phi) is 6.49. The van der Waals surface area contributed by atoms with Crippen LogP contribution in [0.1, 0.15) is 39.7 Å². The Labute approximate surface area is 185 Å². The Bertz CT molecular complexity index is 1130. The Balaban J connectivity index is 2.27. The molecule has 1 unspecified atom stereocenters. The van der Waals surface area contributed by atoms with E-state index in [-0.39, 0.29) is 17.5 Å². The number of halogens is 2. The highest BCUT2D eigenvalue weighted by atomic mass is 19.3. The van der Waals surface area contributed by atoms with Crippen LogP contribution in [-0.2, 0) is 4.79 Å². The molecule has 0 fully saturated rings. The predicted octanol–water partition coefficient (Wildman–Crippen LogP) is 4.52. The SMILES string of the molecule is COc1ccc(/C(C(C)=NC(=O)C(C)(F)F)=[N+]2/N=C(C(C)C)C3=C2C=CC(C#N)C3)cc1. The number of hydrogen-bond donors (Lipinski definition) is 0. The number of carbonyl (C=O) groups is 1. The summed E-state index contributed by atoms with van der Waals surface area (Å²) in [6.07, 6.45) is 4.13. The Hall–Kier alpha value is -3.47. The van der Waals surface area contributed by atoms with Crippen LogP contribution in [0.5, 0.6) is 5.75 Å². The maximum atomic E-state index is 13.6. The van der Waals surface area contributed by atoms with Gasteiger partial charge in [-0.15, -0.1) is 0 Å². The Morgan fingerprint density at radius 1 is 1.34 bits per heavy atom. The lowest BCUT2D eigenvalue weighted by atomic mass is 9.87. The molecule has 1 atom stereocenters. The van der Waals surface area contributed by atoms with Gasteiger partial charge in [0, 0.05) is 30.4 Å². The Morgan fingerprint density at radius 2 is 2.00 bits per heavy atom. The van der Waals surface area contributed by atoms with E-state index in [0.717, 1.165) is 17.0 Å². The molecule has 1 aliphatic heterocycles. The maximum Gasteiger partial charge on any atom is 0.324 e. The summed E-state index contributed by atoms with van der Waals surface area (Å²) in [6.45, 7) is 6.04. The van der Waals surface area contributed by atoms with Gasteiger partial charge in [0.15, 0.2) is 0 Å². The van der Waals surface area contributed by atoms with Crippen molar-refractivity contribution in [1.82, 2.24) is 0 Å². The average molecular weight is 439 g/mol. The molecule has 0 spiro atoms. The molecule has 3 rings (SSSR count). The molecule has 0 bridgehead atoms. The fraction of sp³-hybridized carbons (Fsp3) is 0.375. The molecule has 1 aliphatic carbocycles. The van der Waals surface area contributed by atoms with Crippen LogP contribution in [0.4, 0.5) is 8.78 Å². The zero-order chi connectivity index (χ0) is 23.6. The number of methoxy groups -OCH3 is 1. The average Bonchev–Trinajstić information content (AvgIpc) is 3.12.